The number of rotatable bonds is 3. The first kappa shape index (κ1) is 14.1. The molecule has 0 saturated carbocycles. The molecule has 3 heteroatoms. The van der Waals surface area contributed by atoms with Gasteiger partial charge in [0.05, 0.1) is 0 Å². The van der Waals surface area contributed by atoms with Gasteiger partial charge < -0.3 is 10.6 Å². The van der Waals surface area contributed by atoms with Gasteiger partial charge in [-0.1, -0.05) is 24.1 Å². The molecule has 0 aromatic heterocycles. The number of piperidine rings is 1. The minimum atomic E-state index is 0.0394. The highest BCUT2D eigenvalue weighted by molar-refractivity contribution is 5.95. The third-order valence-corrected chi connectivity index (χ3v) is 3.85. The molecule has 2 rings (SSSR count). The Balaban J connectivity index is 1.90. The summed E-state index contributed by atoms with van der Waals surface area (Å²) in [5.74, 6) is 0.0394. The van der Waals surface area contributed by atoms with Crippen LogP contribution < -0.4 is 10.6 Å². The molecule has 1 saturated heterocycles. The van der Waals surface area contributed by atoms with Gasteiger partial charge in [0, 0.05) is 24.2 Å². The normalized spacial score (nSPS) is 23.1. The van der Waals surface area contributed by atoms with E-state index in [1.54, 1.807) is 0 Å². The van der Waals surface area contributed by atoms with Crippen LogP contribution >= 0.6 is 0 Å². The second-order valence-corrected chi connectivity index (χ2v) is 5.72. The number of nitrogens with one attached hydrogen (secondary N) is 2. The van der Waals surface area contributed by atoms with Gasteiger partial charge >= 0.3 is 0 Å². The Morgan fingerprint density at radius 2 is 2.16 bits per heavy atom. The maximum atomic E-state index is 12.2. The fourth-order valence-electron chi connectivity index (χ4n) is 2.78. The van der Waals surface area contributed by atoms with E-state index in [9.17, 15) is 4.79 Å². The van der Waals surface area contributed by atoms with E-state index in [4.69, 9.17) is 0 Å². The number of aryl methyl sites for hydroxylation is 2. The molecule has 104 valence electrons. The smallest absolute Gasteiger partial charge is 0.251 e. The van der Waals surface area contributed by atoms with Crippen LogP contribution in [0, 0.1) is 13.8 Å². The van der Waals surface area contributed by atoms with Crippen molar-refractivity contribution in [2.75, 3.05) is 6.54 Å². The number of benzene rings is 1. The molecule has 0 spiro atoms. The number of hydrogen-bond acceptors (Lipinski definition) is 2. The summed E-state index contributed by atoms with van der Waals surface area (Å²) in [7, 11) is 0. The van der Waals surface area contributed by atoms with Crippen molar-refractivity contribution in [2.45, 2.75) is 52.1 Å². The van der Waals surface area contributed by atoms with Crippen LogP contribution in [0.4, 0.5) is 0 Å². The lowest BCUT2D eigenvalue weighted by Crippen LogP contribution is -2.47. The van der Waals surface area contributed by atoms with Gasteiger partial charge in [-0.2, -0.15) is 0 Å². The van der Waals surface area contributed by atoms with Crippen LogP contribution in [0.1, 0.15) is 47.7 Å². The van der Waals surface area contributed by atoms with Crippen molar-refractivity contribution < 1.29 is 4.79 Å². The first-order chi connectivity index (χ1) is 9.06. The average Bonchev–Trinajstić information content (AvgIpc) is 2.36. The van der Waals surface area contributed by atoms with Crippen molar-refractivity contribution in [1.29, 1.82) is 0 Å². The fourth-order valence-corrected chi connectivity index (χ4v) is 2.78. The molecule has 2 N–H and O–H groups in total. The molecule has 1 aromatic carbocycles. The minimum absolute atomic E-state index is 0.0394. The number of carbonyl (C=O) groups excluding carboxylic acids is 1. The number of hydrogen-bond donors (Lipinski definition) is 2. The molecule has 1 aromatic rings. The van der Waals surface area contributed by atoms with Crippen LogP contribution in [-0.2, 0) is 0 Å². The van der Waals surface area contributed by atoms with Gasteiger partial charge in [0.25, 0.3) is 5.91 Å². The molecule has 3 nitrogen and oxygen atoms in total. The minimum Gasteiger partial charge on any atom is -0.350 e. The van der Waals surface area contributed by atoms with Crippen molar-refractivity contribution in [2.24, 2.45) is 0 Å². The van der Waals surface area contributed by atoms with Crippen LogP contribution in [0.3, 0.4) is 0 Å². The van der Waals surface area contributed by atoms with E-state index < -0.39 is 0 Å². The molecule has 1 aliphatic rings. The van der Waals surface area contributed by atoms with Crippen LogP contribution in [0.25, 0.3) is 0 Å². The SMILES string of the molecule is Cc1ccc(C(=O)NCC2CCCC(C)N2)c(C)c1. The van der Waals surface area contributed by atoms with Crippen LogP contribution in [-0.4, -0.2) is 24.5 Å². The lowest BCUT2D eigenvalue weighted by molar-refractivity contribution is 0.0945. The summed E-state index contributed by atoms with van der Waals surface area (Å²) >= 11 is 0. The van der Waals surface area contributed by atoms with E-state index in [1.807, 2.05) is 26.0 Å². The van der Waals surface area contributed by atoms with Gasteiger partial charge in [-0.3, -0.25) is 4.79 Å². The molecular weight excluding hydrogens is 236 g/mol. The van der Waals surface area contributed by atoms with Crippen LogP contribution in [0.2, 0.25) is 0 Å². The molecule has 0 bridgehead atoms. The monoisotopic (exact) mass is 260 g/mol. The summed E-state index contributed by atoms with van der Waals surface area (Å²) in [6.45, 7) is 6.96. The lowest BCUT2D eigenvalue weighted by atomic mass is 9.99. The zero-order valence-electron chi connectivity index (χ0n) is 12.1. The van der Waals surface area contributed by atoms with Gasteiger partial charge in [-0.05, 0) is 45.2 Å². The lowest BCUT2D eigenvalue weighted by Gasteiger charge is -2.28. The summed E-state index contributed by atoms with van der Waals surface area (Å²) < 4.78 is 0. The first-order valence-corrected chi connectivity index (χ1v) is 7.18. The summed E-state index contributed by atoms with van der Waals surface area (Å²) in [6.07, 6.45) is 3.64. The van der Waals surface area contributed by atoms with E-state index in [-0.39, 0.29) is 5.91 Å². The van der Waals surface area contributed by atoms with Crippen molar-refractivity contribution in [1.82, 2.24) is 10.6 Å². The molecule has 1 heterocycles. The van der Waals surface area contributed by atoms with Gasteiger partial charge in [-0.15, -0.1) is 0 Å². The summed E-state index contributed by atoms with van der Waals surface area (Å²) in [6, 6.07) is 6.94. The predicted octanol–water partition coefficient (Wildman–Crippen LogP) is 2.56. The highest BCUT2D eigenvalue weighted by atomic mass is 16.1. The molecule has 2 unspecified atom stereocenters. The van der Waals surface area contributed by atoms with E-state index in [2.05, 4.69) is 23.6 Å². The standard InChI is InChI=1S/C16H24N2O/c1-11-7-8-15(12(2)9-11)16(19)17-10-14-6-4-5-13(3)18-14/h7-9,13-14,18H,4-6,10H2,1-3H3,(H,17,19). The Bertz CT molecular complexity index is 456. The quantitative estimate of drug-likeness (QED) is 0.877. The van der Waals surface area contributed by atoms with E-state index in [1.165, 1.54) is 18.4 Å². The Morgan fingerprint density at radius 3 is 2.84 bits per heavy atom. The summed E-state index contributed by atoms with van der Waals surface area (Å²) in [4.78, 5) is 12.2. The van der Waals surface area contributed by atoms with Crippen molar-refractivity contribution in [3.63, 3.8) is 0 Å². The molecule has 0 radical (unpaired) electrons. The molecule has 0 aliphatic carbocycles. The second kappa shape index (κ2) is 6.20. The van der Waals surface area contributed by atoms with Gasteiger partial charge in [0.1, 0.15) is 0 Å². The van der Waals surface area contributed by atoms with E-state index in [0.29, 0.717) is 12.1 Å². The van der Waals surface area contributed by atoms with Crippen molar-refractivity contribution in [3.8, 4) is 0 Å². The Hall–Kier alpha value is -1.35. The maximum Gasteiger partial charge on any atom is 0.251 e. The highest BCUT2D eigenvalue weighted by Crippen LogP contribution is 2.13. The summed E-state index contributed by atoms with van der Waals surface area (Å²) in [5, 5.41) is 6.58. The predicted molar refractivity (Wildman–Crippen MR) is 78.5 cm³/mol. The molecule has 19 heavy (non-hydrogen) atoms. The van der Waals surface area contributed by atoms with E-state index in [0.717, 1.165) is 24.1 Å². The van der Waals surface area contributed by atoms with Gasteiger partial charge in [0.15, 0.2) is 0 Å². The zero-order chi connectivity index (χ0) is 13.8. The molecule has 2 atom stereocenters. The number of amides is 1. The third-order valence-electron chi connectivity index (χ3n) is 3.85. The van der Waals surface area contributed by atoms with Crippen molar-refractivity contribution in [3.05, 3.63) is 34.9 Å². The average molecular weight is 260 g/mol. The van der Waals surface area contributed by atoms with Gasteiger partial charge in [0.2, 0.25) is 0 Å². The molecule has 1 aliphatic heterocycles. The molecule has 1 amide bonds. The second-order valence-electron chi connectivity index (χ2n) is 5.72. The zero-order valence-corrected chi connectivity index (χ0v) is 12.1. The fraction of sp³-hybridized carbons (Fsp3) is 0.562. The van der Waals surface area contributed by atoms with Crippen LogP contribution in [0.15, 0.2) is 18.2 Å². The molecular formula is C16H24N2O. The largest absolute Gasteiger partial charge is 0.350 e. The Morgan fingerprint density at radius 1 is 1.37 bits per heavy atom. The third kappa shape index (κ3) is 3.80. The number of carbonyl (C=O) groups is 1. The Kier molecular flexibility index (Phi) is 4.59. The summed E-state index contributed by atoms with van der Waals surface area (Å²) in [5.41, 5.74) is 3.02. The topological polar surface area (TPSA) is 41.1 Å². The van der Waals surface area contributed by atoms with Crippen molar-refractivity contribution >= 4 is 5.91 Å². The van der Waals surface area contributed by atoms with E-state index >= 15 is 0 Å². The highest BCUT2D eigenvalue weighted by Gasteiger charge is 2.18. The molecule has 1 fully saturated rings. The van der Waals surface area contributed by atoms with Gasteiger partial charge in [-0.25, -0.2) is 0 Å². The Labute approximate surface area is 115 Å². The maximum absolute atomic E-state index is 12.2. The first-order valence-electron chi connectivity index (χ1n) is 7.18. The van der Waals surface area contributed by atoms with Crippen LogP contribution in [0.5, 0.6) is 0 Å².